The minimum Gasteiger partial charge on any atom is -0.467 e. The number of fused-ring (bicyclic) bond motifs is 10. The van der Waals surface area contributed by atoms with Crippen molar-refractivity contribution in [3.8, 4) is 22.8 Å². The number of cyclic esters (lactones) is 2. The predicted octanol–water partition coefficient (Wildman–Crippen LogP) is 9.76. The van der Waals surface area contributed by atoms with E-state index in [-0.39, 0.29) is 42.9 Å². The molecule has 0 bridgehead atoms. The summed E-state index contributed by atoms with van der Waals surface area (Å²) in [6.07, 6.45) is 0.531. The molecule has 4 aliphatic rings. The van der Waals surface area contributed by atoms with Gasteiger partial charge in [-0.05, 0) is 108 Å². The van der Waals surface area contributed by atoms with Gasteiger partial charge in [0.05, 0.1) is 88.4 Å². The second-order valence-electron chi connectivity index (χ2n) is 27.7. The third kappa shape index (κ3) is 16.2. The van der Waals surface area contributed by atoms with Crippen molar-refractivity contribution in [2.45, 2.75) is 180 Å². The van der Waals surface area contributed by atoms with Crippen molar-refractivity contribution < 1.29 is 67.4 Å². The maximum atomic E-state index is 13.8. The summed E-state index contributed by atoms with van der Waals surface area (Å²) in [5, 5.41) is 30.3. The van der Waals surface area contributed by atoms with Crippen LogP contribution in [0.15, 0.2) is 70.3 Å². The molecule has 8 heterocycles. The standard InChI is InChI=1S/C34H43N3O8SSi.C25H27ClN2O4Si.C9H17NO4S/c1-8-34(42)24-15-27-28-22(16-37(27)29(38)23(24)17-44-31(34)40)20(21-11-9-10-12-25(21)35-28)13-14-47(6,7)19-46-18-26(30(39)43-5)36-32(41)45-33(2,3)4;1-4-25(31)19-11-21-22-17(12-28(21)23(29)18(19)13-32-24(25)30)15(9-10-33(2,3)14-26)16-7-5-6-8-20(16)27-22;1-9(2,3)14-8(12)10-6(5-15)7(11)13-4/h9-12,15,26,42H,8,13-14,16-19H2,1-7H3,(H,36,41);5-8,11,31H,4,9-10,12-14H2,1-3H3;6,15H,5H2,1-4H3,(H,10,12)/t26-,34-;25-;6-/m000/s1. The molecule has 27 heteroatoms. The van der Waals surface area contributed by atoms with Crippen molar-refractivity contribution in [3.63, 3.8) is 0 Å². The number of nitrogens with zero attached hydrogens (tertiary/aromatic N) is 4. The van der Waals surface area contributed by atoms with E-state index in [2.05, 4.69) is 66.3 Å². The summed E-state index contributed by atoms with van der Waals surface area (Å²) in [6.45, 7) is 23.5. The number of alkyl halides is 1. The van der Waals surface area contributed by atoms with Gasteiger partial charge in [-0.25, -0.2) is 38.7 Å². The number of hydrogen-bond acceptors (Lipinski definition) is 20. The van der Waals surface area contributed by atoms with Crippen molar-refractivity contribution >= 4 is 110 Å². The van der Waals surface area contributed by atoms with Crippen LogP contribution in [0.4, 0.5) is 9.59 Å². The van der Waals surface area contributed by atoms with Gasteiger partial charge in [-0.3, -0.25) is 9.59 Å². The van der Waals surface area contributed by atoms with Gasteiger partial charge in [0.1, 0.15) is 36.5 Å². The van der Waals surface area contributed by atoms with Crippen molar-refractivity contribution in [1.29, 1.82) is 0 Å². The Bertz CT molecular complexity index is 4110. The summed E-state index contributed by atoms with van der Waals surface area (Å²) in [4.78, 5) is 109. The summed E-state index contributed by atoms with van der Waals surface area (Å²) >= 11 is 11.8. The molecule has 0 radical (unpaired) electrons. The number of halogens is 1. The number of methoxy groups -OCH3 is 2. The normalized spacial score (nSPS) is 17.5. The second-order valence-corrected chi connectivity index (χ2v) is 40.7. The van der Waals surface area contributed by atoms with Crippen LogP contribution in [0.2, 0.25) is 38.3 Å². The molecule has 0 aliphatic carbocycles. The highest BCUT2D eigenvalue weighted by atomic mass is 35.5. The van der Waals surface area contributed by atoms with Crippen LogP contribution in [-0.4, -0.2) is 141 Å². The number of alkyl carbamates (subject to hydrolysis) is 2. The molecule has 0 fully saturated rings. The highest BCUT2D eigenvalue weighted by Crippen LogP contribution is 2.43. The van der Waals surface area contributed by atoms with E-state index in [1.54, 1.807) is 88.4 Å². The molecule has 0 unspecified atom stereocenters. The van der Waals surface area contributed by atoms with E-state index in [0.29, 0.717) is 63.7 Å². The van der Waals surface area contributed by atoms with Gasteiger partial charge >= 0.3 is 36.1 Å². The Morgan fingerprint density at radius 1 is 0.663 bits per heavy atom. The van der Waals surface area contributed by atoms with E-state index in [4.69, 9.17) is 45.3 Å². The number of pyridine rings is 4. The summed E-state index contributed by atoms with van der Waals surface area (Å²) in [5.41, 5.74) is 5.23. The van der Waals surface area contributed by atoms with Gasteiger partial charge in [0.2, 0.25) is 0 Å². The zero-order valence-electron chi connectivity index (χ0n) is 56.5. The number of thiol groups is 1. The lowest BCUT2D eigenvalue weighted by molar-refractivity contribution is -0.172. The summed E-state index contributed by atoms with van der Waals surface area (Å²) in [6, 6.07) is 19.9. The van der Waals surface area contributed by atoms with Gasteiger partial charge in [0.25, 0.3) is 11.1 Å². The van der Waals surface area contributed by atoms with Crippen LogP contribution in [0.5, 0.6) is 0 Å². The number of rotatable bonds is 18. The number of carbonyl (C=O) groups is 6. The summed E-state index contributed by atoms with van der Waals surface area (Å²) in [7, 11) is -0.840. The van der Waals surface area contributed by atoms with E-state index in [9.17, 15) is 48.6 Å². The Morgan fingerprint density at radius 2 is 1.06 bits per heavy atom. The summed E-state index contributed by atoms with van der Waals surface area (Å²) in [5.74, 6) is -2.00. The number of hydrogen-bond donors (Lipinski definition) is 5. The van der Waals surface area contributed by atoms with Crippen LogP contribution in [0.25, 0.3) is 44.6 Å². The zero-order valence-corrected chi connectivity index (χ0v) is 60.9. The SMILES string of the molecule is CC[C@@]1(O)C(=O)OCc2c1cc1n(c2=O)Cc2c-1nc1ccccc1c2CC[Si](C)(C)CCl.CC[C@@]1(O)C(=O)OCc2c1cc1n(c2=O)Cc2c-1nc1ccccc1c2CC[Si](C)(C)CSC[C@H](NC(=O)OC(C)(C)C)C(=O)OC.COC(=O)[C@H](CS)NC(=O)OC(C)(C)C. The minimum atomic E-state index is -1.88. The Morgan fingerprint density at radius 3 is 1.45 bits per heavy atom. The molecule has 95 heavy (non-hydrogen) atoms. The monoisotopic (exact) mass is 1400 g/mol. The van der Waals surface area contributed by atoms with Crippen molar-refractivity contribution in [2.24, 2.45) is 0 Å². The summed E-state index contributed by atoms with van der Waals surface area (Å²) < 4.78 is 33.5. The molecular formula is C68H87ClN6O16S2Si2. The molecule has 10 rings (SSSR count). The maximum Gasteiger partial charge on any atom is 0.408 e. The Labute approximate surface area is 569 Å². The van der Waals surface area contributed by atoms with Crippen LogP contribution >= 0.6 is 36.0 Å². The van der Waals surface area contributed by atoms with Crippen LogP contribution in [0.3, 0.4) is 0 Å². The molecule has 22 nitrogen and oxygen atoms in total. The van der Waals surface area contributed by atoms with Gasteiger partial charge in [0.15, 0.2) is 11.2 Å². The van der Waals surface area contributed by atoms with E-state index in [1.807, 2.05) is 36.4 Å². The number of carbonyl (C=O) groups excluding carboxylic acids is 6. The fourth-order valence-corrected chi connectivity index (χ4v) is 18.2. The average Bonchev–Trinajstić information content (AvgIpc) is 1.54. The van der Waals surface area contributed by atoms with E-state index >= 15 is 0 Å². The van der Waals surface area contributed by atoms with Gasteiger partial charge < -0.3 is 58.4 Å². The topological polar surface area (TPSA) is 292 Å². The number of thioether (sulfide) groups is 1. The Balaban J connectivity index is 0.000000208. The molecular weight excluding hydrogens is 1310 g/mol. The largest absolute Gasteiger partial charge is 0.467 e. The average molecular weight is 1400 g/mol. The first kappa shape index (κ1) is 73.7. The third-order valence-corrected chi connectivity index (χ3v) is 28.2. The number of aliphatic hydroxyl groups is 2. The van der Waals surface area contributed by atoms with Gasteiger partial charge in [-0.15, -0.1) is 11.6 Å². The lowest BCUT2D eigenvalue weighted by Gasteiger charge is -2.31. The van der Waals surface area contributed by atoms with Crippen molar-refractivity contribution in [3.05, 3.63) is 126 Å². The first-order valence-electron chi connectivity index (χ1n) is 31.6. The van der Waals surface area contributed by atoms with Crippen molar-refractivity contribution in [1.82, 2.24) is 29.7 Å². The number of aryl methyl sites for hydroxylation is 2. The molecule has 2 aromatic carbocycles. The second kappa shape index (κ2) is 29.3. The number of esters is 4. The van der Waals surface area contributed by atoms with E-state index < -0.39 is 86.7 Å². The first-order chi connectivity index (χ1) is 44.6. The molecule has 0 saturated heterocycles. The molecule has 4 N–H and O–H groups in total. The molecule has 4 aliphatic heterocycles. The predicted molar refractivity (Wildman–Crippen MR) is 373 cm³/mol. The smallest absolute Gasteiger partial charge is 0.408 e. The molecule has 6 aromatic rings. The third-order valence-electron chi connectivity index (χ3n) is 17.2. The van der Waals surface area contributed by atoms with Crippen LogP contribution in [0.1, 0.15) is 113 Å². The van der Waals surface area contributed by atoms with E-state index in [1.165, 1.54) is 19.8 Å². The fourth-order valence-electron chi connectivity index (χ4n) is 11.8. The highest BCUT2D eigenvalue weighted by Gasteiger charge is 2.47. The Hall–Kier alpha value is -7.08. The molecule has 512 valence electrons. The zero-order chi connectivity index (χ0) is 69.9. The van der Waals surface area contributed by atoms with Gasteiger partial charge in [-0.2, -0.15) is 24.4 Å². The first-order valence-corrected chi connectivity index (χ1v) is 40.8. The maximum absolute atomic E-state index is 13.8. The number of nitrogens with one attached hydrogen (secondary N) is 2. The minimum absolute atomic E-state index is 0.0835. The van der Waals surface area contributed by atoms with E-state index in [0.717, 1.165) is 74.5 Å². The Kier molecular flexibility index (Phi) is 22.8. The lowest BCUT2D eigenvalue weighted by Crippen LogP contribution is -2.46. The number of aromatic nitrogens is 4. The van der Waals surface area contributed by atoms with Crippen LogP contribution in [-0.2, 0) is 97.9 Å². The van der Waals surface area contributed by atoms with Crippen LogP contribution in [0, 0.1) is 0 Å². The lowest BCUT2D eigenvalue weighted by atomic mass is 9.86. The van der Waals surface area contributed by atoms with Gasteiger partial charge in [0, 0.05) is 50.0 Å². The van der Waals surface area contributed by atoms with Crippen molar-refractivity contribution in [2.75, 3.05) is 36.6 Å². The number of amides is 2. The molecule has 0 spiro atoms. The molecule has 2 amide bonds. The quantitative estimate of drug-likeness (QED) is 0.0175. The number of ether oxygens (including phenoxy) is 6. The number of para-hydroxylation sites is 2. The molecule has 0 saturated carbocycles. The fraction of sp³-hybridized carbons (Fsp3) is 0.500. The van der Waals surface area contributed by atoms with Crippen LogP contribution < -0.4 is 21.8 Å². The van der Waals surface area contributed by atoms with Gasteiger partial charge in [-0.1, -0.05) is 88.5 Å². The number of benzene rings is 2. The molecule has 4 atom stereocenters. The highest BCUT2D eigenvalue weighted by molar-refractivity contribution is 8.01. The molecule has 4 aromatic heterocycles.